The van der Waals surface area contributed by atoms with Gasteiger partial charge in [0.05, 0.1) is 24.2 Å². The first kappa shape index (κ1) is 21.0. The maximum Gasteiger partial charge on any atom is 0.323 e. The minimum atomic E-state index is -0.148. The van der Waals surface area contributed by atoms with Gasteiger partial charge in [0.2, 0.25) is 11.5 Å². The van der Waals surface area contributed by atoms with Gasteiger partial charge in [-0.15, -0.1) is 0 Å². The number of piperidine rings is 1. The van der Waals surface area contributed by atoms with E-state index >= 15 is 0 Å². The molecule has 31 heavy (non-hydrogen) atoms. The van der Waals surface area contributed by atoms with Crippen molar-refractivity contribution in [3.05, 3.63) is 30.2 Å². The molecule has 2 amide bonds. The Morgan fingerprint density at radius 3 is 2.84 bits per heavy atom. The van der Waals surface area contributed by atoms with Crippen LogP contribution in [0.2, 0.25) is 0 Å². The first-order chi connectivity index (χ1) is 14.6. The van der Waals surface area contributed by atoms with Gasteiger partial charge in [-0.25, -0.2) is 9.78 Å². The number of allylic oxidation sites excluding steroid dienone is 1. The van der Waals surface area contributed by atoms with Crippen molar-refractivity contribution in [2.24, 2.45) is 10.5 Å². The van der Waals surface area contributed by atoms with Crippen LogP contribution in [0, 0.1) is 5.41 Å². The molecule has 2 aromatic rings. The minimum absolute atomic E-state index is 0.0970. The fourth-order valence-electron chi connectivity index (χ4n) is 4.31. The molecular formula is C22H31N8O+. The normalized spacial score (nSPS) is 21.8. The van der Waals surface area contributed by atoms with Crippen LogP contribution in [0.3, 0.4) is 0 Å². The van der Waals surface area contributed by atoms with Crippen molar-refractivity contribution in [1.29, 1.82) is 0 Å². The number of carbonyl (C=O) groups excluding carboxylic acids is 1. The lowest BCUT2D eigenvalue weighted by Gasteiger charge is -2.42. The summed E-state index contributed by atoms with van der Waals surface area (Å²) < 4.78 is 1.58. The van der Waals surface area contributed by atoms with Crippen LogP contribution < -0.4 is 10.2 Å². The summed E-state index contributed by atoms with van der Waals surface area (Å²) >= 11 is 0. The first-order valence-electron chi connectivity index (χ1n) is 10.6. The van der Waals surface area contributed by atoms with E-state index in [9.17, 15) is 4.79 Å². The van der Waals surface area contributed by atoms with Crippen LogP contribution >= 0.6 is 0 Å². The number of aromatic nitrogens is 3. The molecule has 9 nitrogen and oxygen atoms in total. The first-order valence-corrected chi connectivity index (χ1v) is 10.6. The number of anilines is 1. The number of pyridine rings is 1. The molecule has 9 heteroatoms. The highest BCUT2D eigenvalue weighted by atomic mass is 16.2. The highest BCUT2D eigenvalue weighted by Crippen LogP contribution is 2.29. The van der Waals surface area contributed by atoms with Gasteiger partial charge >= 0.3 is 6.03 Å². The number of rotatable bonds is 2. The molecule has 4 rings (SSSR count). The van der Waals surface area contributed by atoms with Crippen LogP contribution in [-0.4, -0.2) is 69.0 Å². The van der Waals surface area contributed by atoms with E-state index in [2.05, 4.69) is 71.0 Å². The molecule has 2 N–H and O–H groups in total. The van der Waals surface area contributed by atoms with Crippen LogP contribution in [0.15, 0.2) is 35.3 Å². The zero-order valence-electron chi connectivity index (χ0n) is 18.9. The van der Waals surface area contributed by atoms with Crippen molar-refractivity contribution in [2.45, 2.75) is 52.6 Å². The highest BCUT2D eigenvalue weighted by molar-refractivity contribution is 6.04. The molecule has 2 aliphatic rings. The lowest BCUT2D eigenvalue weighted by atomic mass is 9.92. The van der Waals surface area contributed by atoms with Crippen molar-refractivity contribution in [3.8, 4) is 0 Å². The molecule has 1 saturated heterocycles. The van der Waals surface area contributed by atoms with Crippen LogP contribution in [0.25, 0.3) is 11.0 Å². The molecule has 2 atom stereocenters. The third kappa shape index (κ3) is 4.17. The zero-order chi connectivity index (χ0) is 22.3. The Balaban J connectivity index is 1.38. The number of urea groups is 1. The fraction of sp³-hybridized carbons (Fsp3) is 0.500. The van der Waals surface area contributed by atoms with Crippen LogP contribution in [0.1, 0.15) is 40.5 Å². The number of nitrogens with one attached hydrogen (secondary N) is 2. The van der Waals surface area contributed by atoms with Crippen LogP contribution in [0.5, 0.6) is 0 Å². The number of H-pyrrole nitrogens is 1. The molecule has 164 valence electrons. The highest BCUT2D eigenvalue weighted by Gasteiger charge is 2.35. The van der Waals surface area contributed by atoms with Gasteiger partial charge in [-0.1, -0.05) is 25.5 Å². The predicted molar refractivity (Wildman–Crippen MR) is 122 cm³/mol. The summed E-state index contributed by atoms with van der Waals surface area (Å²) in [4.78, 5) is 21.5. The maximum atomic E-state index is 12.9. The van der Waals surface area contributed by atoms with Crippen LogP contribution in [0.4, 0.5) is 10.5 Å². The Kier molecular flexibility index (Phi) is 5.28. The Morgan fingerprint density at radius 1 is 1.39 bits per heavy atom. The van der Waals surface area contributed by atoms with E-state index < -0.39 is 0 Å². The number of nitrogens with zero attached hydrogens (tertiary/aromatic N) is 6. The van der Waals surface area contributed by atoms with Gasteiger partial charge < -0.3 is 9.80 Å². The molecule has 0 bridgehead atoms. The van der Waals surface area contributed by atoms with Crippen molar-refractivity contribution in [1.82, 2.24) is 25.4 Å². The quantitative estimate of drug-likeness (QED) is 0.727. The second kappa shape index (κ2) is 7.79. The van der Waals surface area contributed by atoms with Crippen LogP contribution in [-0.2, 0) is 0 Å². The second-order valence-corrected chi connectivity index (χ2v) is 9.43. The summed E-state index contributed by atoms with van der Waals surface area (Å²) in [5, 5.41) is 15.2. The summed E-state index contributed by atoms with van der Waals surface area (Å²) in [5.74, 6) is 0.529. The smallest absolute Gasteiger partial charge is 0.323 e. The second-order valence-electron chi connectivity index (χ2n) is 9.43. The average molecular weight is 424 g/mol. The number of carbonyl (C=O) groups is 1. The zero-order valence-corrected chi connectivity index (χ0v) is 18.9. The SMILES string of the molecule is C=[N+]1N=C(NC(=O)N(C)[C@@H]2CCN(c3cnc4[nH]ncc4c3)[C@H](C)C2)C=C1C(C)(C)C. The van der Waals surface area contributed by atoms with Gasteiger partial charge in [0, 0.05) is 41.6 Å². The van der Waals surface area contributed by atoms with Crippen molar-refractivity contribution in [3.63, 3.8) is 0 Å². The van der Waals surface area contributed by atoms with E-state index in [1.807, 2.05) is 19.3 Å². The number of fused-ring (bicyclic) bond motifs is 1. The molecule has 0 radical (unpaired) electrons. The molecule has 0 unspecified atom stereocenters. The Bertz CT molecular complexity index is 1080. The summed E-state index contributed by atoms with van der Waals surface area (Å²) in [5.41, 5.74) is 2.75. The standard InChI is InChI=1S/C22H30N8O/c1-14-9-16(7-8-30(14)17-10-15-12-24-26-20(15)23-13-17)28(5)21(31)25-19-11-18(22(2,3)4)29(6)27-19/h10-14,16H,6-9H2,1-5H3,(H-,23,24,25,26,27,31)/p+1/t14-,16-/m1/s1. The molecule has 2 aliphatic heterocycles. The largest absolute Gasteiger partial charge is 0.367 e. The average Bonchev–Trinajstić information content (AvgIpc) is 3.32. The Morgan fingerprint density at radius 2 is 2.16 bits per heavy atom. The lowest BCUT2D eigenvalue weighted by Crippen LogP contribution is -2.52. The molecular weight excluding hydrogens is 392 g/mol. The number of hydrogen-bond acceptors (Lipinski definition) is 5. The third-order valence-corrected chi connectivity index (χ3v) is 6.11. The number of hydrazone groups is 1. The molecule has 0 aliphatic carbocycles. The predicted octanol–water partition coefficient (Wildman–Crippen LogP) is 2.93. The van der Waals surface area contributed by atoms with Gasteiger partial charge in [0.15, 0.2) is 12.4 Å². The Labute approximate surface area is 182 Å². The van der Waals surface area contributed by atoms with Gasteiger partial charge in [0.1, 0.15) is 0 Å². The van der Waals surface area contributed by atoms with Gasteiger partial charge in [-0.3, -0.25) is 10.4 Å². The lowest BCUT2D eigenvalue weighted by molar-refractivity contribution is -0.481. The molecule has 0 spiro atoms. The van der Waals surface area contributed by atoms with Crippen molar-refractivity contribution >= 4 is 35.3 Å². The van der Waals surface area contributed by atoms with E-state index in [4.69, 9.17) is 0 Å². The molecule has 0 aromatic carbocycles. The topological polar surface area (TPSA) is 92.5 Å². The monoisotopic (exact) mass is 423 g/mol. The van der Waals surface area contributed by atoms with E-state index in [1.54, 1.807) is 15.8 Å². The van der Waals surface area contributed by atoms with Crippen molar-refractivity contribution in [2.75, 3.05) is 18.5 Å². The van der Waals surface area contributed by atoms with Gasteiger partial charge in [0.25, 0.3) is 0 Å². The van der Waals surface area contributed by atoms with E-state index in [0.29, 0.717) is 5.84 Å². The molecule has 0 saturated carbocycles. The fourth-order valence-corrected chi connectivity index (χ4v) is 4.31. The summed E-state index contributed by atoms with van der Waals surface area (Å²) in [6.45, 7) is 13.3. The van der Waals surface area contributed by atoms with Gasteiger partial charge in [-0.2, -0.15) is 5.10 Å². The third-order valence-electron chi connectivity index (χ3n) is 6.11. The van der Waals surface area contributed by atoms with E-state index in [0.717, 1.165) is 41.8 Å². The van der Waals surface area contributed by atoms with Gasteiger partial charge in [-0.05, 0) is 25.8 Å². The van der Waals surface area contributed by atoms with Crippen molar-refractivity contribution < 1.29 is 9.48 Å². The Hall–Kier alpha value is -3.23. The summed E-state index contributed by atoms with van der Waals surface area (Å²) in [6.07, 6.45) is 7.33. The summed E-state index contributed by atoms with van der Waals surface area (Å²) in [7, 11) is 1.85. The number of amides is 2. The van der Waals surface area contributed by atoms with E-state index in [1.165, 1.54) is 0 Å². The number of amidine groups is 1. The number of hydrogen-bond donors (Lipinski definition) is 2. The number of aromatic amines is 1. The molecule has 2 aromatic heterocycles. The van der Waals surface area contributed by atoms with E-state index in [-0.39, 0.29) is 23.5 Å². The molecule has 4 heterocycles. The summed E-state index contributed by atoms with van der Waals surface area (Å²) in [6, 6.07) is 2.40. The maximum absolute atomic E-state index is 12.9. The molecule has 1 fully saturated rings. The minimum Gasteiger partial charge on any atom is -0.367 e.